The number of hydrogen-bond donors (Lipinski definition) is 2. The van der Waals surface area contributed by atoms with E-state index in [1.807, 2.05) is 12.3 Å². The molecule has 0 saturated carbocycles. The average molecular weight is 564 g/mol. The number of aromatic nitrogens is 2. The van der Waals surface area contributed by atoms with Crippen LogP contribution in [0.2, 0.25) is 0 Å². The van der Waals surface area contributed by atoms with Crippen molar-refractivity contribution in [1.82, 2.24) is 24.7 Å². The lowest BCUT2D eigenvalue weighted by molar-refractivity contribution is 0.306. The summed E-state index contributed by atoms with van der Waals surface area (Å²) < 4.78 is 40.3. The molecule has 172 valence electrons. The summed E-state index contributed by atoms with van der Waals surface area (Å²) in [6.07, 6.45) is 4.07. The van der Waals surface area contributed by atoms with E-state index in [2.05, 4.69) is 20.7 Å². The molecule has 0 bridgehead atoms. The molecule has 31 heavy (non-hydrogen) atoms. The molecule has 1 saturated heterocycles. The number of guanidine groups is 1. The molecule has 0 aliphatic carbocycles. The molecule has 1 aliphatic heterocycles. The maximum absolute atomic E-state index is 13.1. The third-order valence-corrected chi connectivity index (χ3v) is 7.07. The standard InChI is InChI=1S/C20H29FN6O2S.HI/c1-3-30(28,29)26-13-9-17(10-14-26)24-20(22-2)23-12-8-18-11-15-27(25-18)19-6-4-16(21)5-7-19;/h4-7,11,15,17H,3,8-10,12-14H2,1-2H3,(H2,22,23,24);1H. The van der Waals surface area contributed by atoms with Crippen molar-refractivity contribution in [2.75, 3.05) is 32.4 Å². The van der Waals surface area contributed by atoms with Crippen LogP contribution in [0.5, 0.6) is 0 Å². The number of nitrogens with zero attached hydrogens (tertiary/aromatic N) is 4. The summed E-state index contributed by atoms with van der Waals surface area (Å²) in [4.78, 5) is 4.26. The first kappa shape index (κ1) is 25.5. The summed E-state index contributed by atoms with van der Waals surface area (Å²) in [6, 6.07) is 8.33. The van der Waals surface area contributed by atoms with Crippen LogP contribution in [0.1, 0.15) is 25.5 Å². The molecular formula is C20H30FIN6O2S. The second-order valence-corrected chi connectivity index (χ2v) is 9.45. The van der Waals surface area contributed by atoms with Crippen LogP contribution in [0.4, 0.5) is 4.39 Å². The number of piperidine rings is 1. The van der Waals surface area contributed by atoms with Gasteiger partial charge < -0.3 is 10.6 Å². The van der Waals surface area contributed by atoms with Crippen LogP contribution in [0.25, 0.3) is 5.69 Å². The highest BCUT2D eigenvalue weighted by Gasteiger charge is 2.26. The molecule has 2 N–H and O–H groups in total. The zero-order valence-electron chi connectivity index (χ0n) is 17.8. The van der Waals surface area contributed by atoms with Crippen LogP contribution < -0.4 is 10.6 Å². The fourth-order valence-electron chi connectivity index (χ4n) is 3.39. The molecule has 8 nitrogen and oxygen atoms in total. The van der Waals surface area contributed by atoms with Gasteiger partial charge in [0.2, 0.25) is 10.0 Å². The number of nitrogens with one attached hydrogen (secondary N) is 2. The Labute approximate surface area is 200 Å². The maximum atomic E-state index is 13.1. The summed E-state index contributed by atoms with van der Waals surface area (Å²) >= 11 is 0. The van der Waals surface area contributed by atoms with Crippen molar-refractivity contribution < 1.29 is 12.8 Å². The summed E-state index contributed by atoms with van der Waals surface area (Å²) in [5, 5.41) is 11.2. The van der Waals surface area contributed by atoms with Crippen molar-refractivity contribution in [2.24, 2.45) is 4.99 Å². The molecule has 2 aromatic rings. The van der Waals surface area contributed by atoms with E-state index in [1.165, 1.54) is 12.1 Å². The fraction of sp³-hybridized carbons (Fsp3) is 0.500. The van der Waals surface area contributed by atoms with Crippen LogP contribution in [0.3, 0.4) is 0 Å². The number of hydrogen-bond acceptors (Lipinski definition) is 4. The number of aliphatic imine (C=N–C) groups is 1. The Morgan fingerprint density at radius 2 is 1.90 bits per heavy atom. The van der Waals surface area contributed by atoms with Gasteiger partial charge in [0.1, 0.15) is 5.82 Å². The Balaban J connectivity index is 0.00000341. The van der Waals surface area contributed by atoms with E-state index >= 15 is 0 Å². The van der Waals surface area contributed by atoms with Gasteiger partial charge >= 0.3 is 0 Å². The Morgan fingerprint density at radius 3 is 2.52 bits per heavy atom. The van der Waals surface area contributed by atoms with Gasteiger partial charge in [0, 0.05) is 45.3 Å². The predicted octanol–water partition coefficient (Wildman–Crippen LogP) is 2.15. The van der Waals surface area contributed by atoms with E-state index in [9.17, 15) is 12.8 Å². The van der Waals surface area contributed by atoms with Gasteiger partial charge in [0.15, 0.2) is 5.96 Å². The summed E-state index contributed by atoms with van der Waals surface area (Å²) in [5.41, 5.74) is 1.73. The largest absolute Gasteiger partial charge is 0.356 e. The third kappa shape index (κ3) is 7.14. The summed E-state index contributed by atoms with van der Waals surface area (Å²) in [6.45, 7) is 3.40. The van der Waals surface area contributed by atoms with Crippen LogP contribution in [0, 0.1) is 5.82 Å². The second-order valence-electron chi connectivity index (χ2n) is 7.20. The zero-order chi connectivity index (χ0) is 21.6. The molecule has 11 heteroatoms. The first-order valence-electron chi connectivity index (χ1n) is 10.2. The van der Waals surface area contributed by atoms with Crippen LogP contribution in [0.15, 0.2) is 41.5 Å². The highest BCUT2D eigenvalue weighted by molar-refractivity contribution is 14.0. The summed E-state index contributed by atoms with van der Waals surface area (Å²) in [7, 11) is -1.39. The molecule has 0 atom stereocenters. The Morgan fingerprint density at radius 1 is 1.23 bits per heavy atom. The van der Waals surface area contributed by atoms with Gasteiger partial charge in [-0.2, -0.15) is 5.10 Å². The quantitative estimate of drug-likeness (QED) is 0.306. The number of sulfonamides is 1. The molecule has 1 aromatic heterocycles. The van der Waals surface area contributed by atoms with E-state index in [4.69, 9.17) is 0 Å². The zero-order valence-corrected chi connectivity index (χ0v) is 20.9. The topological polar surface area (TPSA) is 91.6 Å². The van der Waals surface area contributed by atoms with E-state index < -0.39 is 10.0 Å². The second kappa shape index (κ2) is 11.8. The van der Waals surface area contributed by atoms with Gasteiger partial charge in [0.25, 0.3) is 0 Å². The van der Waals surface area contributed by atoms with Crippen LogP contribution in [-0.2, 0) is 16.4 Å². The van der Waals surface area contributed by atoms with Crippen molar-refractivity contribution in [2.45, 2.75) is 32.2 Å². The number of benzene rings is 1. The normalized spacial score (nSPS) is 16.0. The lowest BCUT2D eigenvalue weighted by atomic mass is 10.1. The van der Waals surface area contributed by atoms with E-state index in [0.717, 1.165) is 24.2 Å². The molecule has 1 fully saturated rings. The smallest absolute Gasteiger partial charge is 0.213 e. The maximum Gasteiger partial charge on any atom is 0.213 e. The molecule has 0 radical (unpaired) electrons. The van der Waals surface area contributed by atoms with E-state index in [-0.39, 0.29) is 41.6 Å². The molecule has 1 aromatic carbocycles. The molecule has 2 heterocycles. The van der Waals surface area contributed by atoms with Crippen LogP contribution in [-0.4, -0.2) is 66.9 Å². The lowest BCUT2D eigenvalue weighted by Crippen LogP contribution is -2.50. The molecule has 3 rings (SSSR count). The molecular weight excluding hydrogens is 534 g/mol. The van der Waals surface area contributed by atoms with Crippen molar-refractivity contribution in [3.63, 3.8) is 0 Å². The molecule has 0 amide bonds. The van der Waals surface area contributed by atoms with Gasteiger partial charge in [-0.05, 0) is 50.1 Å². The summed E-state index contributed by atoms with van der Waals surface area (Å²) in [5.74, 6) is 0.572. The Hall–Kier alpha value is -1.73. The minimum absolute atomic E-state index is 0. The number of rotatable bonds is 7. The number of halogens is 2. The minimum Gasteiger partial charge on any atom is -0.356 e. The fourth-order valence-corrected chi connectivity index (χ4v) is 4.52. The van der Waals surface area contributed by atoms with Gasteiger partial charge in [-0.25, -0.2) is 21.8 Å². The Bertz CT molecular complexity index is 956. The highest BCUT2D eigenvalue weighted by Crippen LogP contribution is 2.14. The van der Waals surface area contributed by atoms with Crippen molar-refractivity contribution >= 4 is 40.0 Å². The third-order valence-electron chi connectivity index (χ3n) is 5.19. The van der Waals surface area contributed by atoms with Crippen LogP contribution >= 0.6 is 24.0 Å². The monoisotopic (exact) mass is 564 g/mol. The highest BCUT2D eigenvalue weighted by atomic mass is 127. The lowest BCUT2D eigenvalue weighted by Gasteiger charge is -2.32. The van der Waals surface area contributed by atoms with E-state index in [1.54, 1.807) is 35.1 Å². The first-order valence-corrected chi connectivity index (χ1v) is 11.8. The first-order chi connectivity index (χ1) is 14.4. The van der Waals surface area contributed by atoms with E-state index in [0.29, 0.717) is 32.0 Å². The molecule has 0 spiro atoms. The van der Waals surface area contributed by atoms with Gasteiger partial charge in [-0.3, -0.25) is 4.99 Å². The van der Waals surface area contributed by atoms with Gasteiger partial charge in [-0.1, -0.05) is 0 Å². The van der Waals surface area contributed by atoms with Crippen molar-refractivity contribution in [3.05, 3.63) is 48.0 Å². The molecule has 1 aliphatic rings. The van der Waals surface area contributed by atoms with Gasteiger partial charge in [0.05, 0.1) is 17.1 Å². The minimum atomic E-state index is -3.11. The Kier molecular flexibility index (Phi) is 9.69. The molecule has 0 unspecified atom stereocenters. The average Bonchev–Trinajstić information content (AvgIpc) is 3.22. The van der Waals surface area contributed by atoms with Crippen molar-refractivity contribution in [1.29, 1.82) is 0 Å². The van der Waals surface area contributed by atoms with Crippen molar-refractivity contribution in [3.8, 4) is 5.69 Å². The SMILES string of the molecule is CCS(=O)(=O)N1CCC(NC(=NC)NCCc2ccn(-c3ccc(F)cc3)n2)CC1.I. The van der Waals surface area contributed by atoms with Gasteiger partial charge in [-0.15, -0.1) is 24.0 Å². The predicted molar refractivity (Wildman–Crippen MR) is 131 cm³/mol.